The molecule has 0 aromatic heterocycles. The molecule has 0 bridgehead atoms. The van der Waals surface area contributed by atoms with Crippen molar-refractivity contribution in [2.45, 2.75) is 27.2 Å². The number of nitriles is 1. The molecular weight excluding hydrogens is 448 g/mol. The van der Waals surface area contributed by atoms with E-state index in [0.717, 1.165) is 11.1 Å². The van der Waals surface area contributed by atoms with Gasteiger partial charge in [0.1, 0.15) is 11.6 Å². The second-order valence-electron chi connectivity index (χ2n) is 7.94. The number of esters is 1. The Labute approximate surface area is 204 Å². The first-order valence-corrected chi connectivity index (χ1v) is 11.2. The topological polar surface area (TPSA) is 79.2 Å². The molecule has 0 spiro atoms. The molecule has 34 heavy (non-hydrogen) atoms. The molecule has 0 unspecified atom stereocenters. The monoisotopic (exact) mass is 472 g/mol. The smallest absolute Gasteiger partial charge is 0.338 e. The van der Waals surface area contributed by atoms with Crippen LogP contribution in [0.2, 0.25) is 5.02 Å². The average molecular weight is 473 g/mol. The van der Waals surface area contributed by atoms with E-state index in [2.05, 4.69) is 37.4 Å². The standard InChI is InChI=1S/C28H25ClN2O3/c1-4-34-28(33)21-6-9-26(10-7-21)31-27(32)24(17-30)15-23-16-25(29)8-5-22(23)14-20-12-18(2)11-19(3)13-20/h5-13,15-16H,4,14H2,1-3H3,(H,31,32)/b24-15+. The minimum Gasteiger partial charge on any atom is -0.462 e. The predicted octanol–water partition coefficient (Wildman–Crippen LogP) is 6.27. The van der Waals surface area contributed by atoms with Gasteiger partial charge in [-0.1, -0.05) is 47.0 Å². The first-order chi connectivity index (χ1) is 16.3. The molecule has 3 rings (SSSR count). The van der Waals surface area contributed by atoms with Gasteiger partial charge in [0, 0.05) is 10.7 Å². The van der Waals surface area contributed by atoms with Gasteiger partial charge in [0.25, 0.3) is 5.91 Å². The number of nitrogens with zero attached hydrogens (tertiary/aromatic N) is 1. The highest BCUT2D eigenvalue weighted by Gasteiger charge is 2.13. The largest absolute Gasteiger partial charge is 0.462 e. The molecule has 6 heteroatoms. The number of anilines is 1. The quantitative estimate of drug-likeness (QED) is 0.249. The zero-order valence-corrected chi connectivity index (χ0v) is 20.1. The molecule has 0 heterocycles. The van der Waals surface area contributed by atoms with Crippen LogP contribution in [0.25, 0.3) is 6.08 Å². The van der Waals surface area contributed by atoms with E-state index in [-0.39, 0.29) is 12.2 Å². The summed E-state index contributed by atoms with van der Waals surface area (Å²) in [6.45, 7) is 6.12. The summed E-state index contributed by atoms with van der Waals surface area (Å²) in [7, 11) is 0. The third-order valence-corrected chi connectivity index (χ3v) is 5.34. The van der Waals surface area contributed by atoms with Crippen molar-refractivity contribution < 1.29 is 14.3 Å². The van der Waals surface area contributed by atoms with Crippen molar-refractivity contribution in [1.82, 2.24) is 0 Å². The fourth-order valence-corrected chi connectivity index (χ4v) is 3.84. The van der Waals surface area contributed by atoms with Crippen molar-refractivity contribution in [3.8, 4) is 6.07 Å². The number of hydrogen-bond acceptors (Lipinski definition) is 4. The molecule has 0 saturated heterocycles. The fourth-order valence-electron chi connectivity index (χ4n) is 3.66. The van der Waals surface area contributed by atoms with E-state index in [1.165, 1.54) is 11.1 Å². The van der Waals surface area contributed by atoms with Gasteiger partial charge in [-0.25, -0.2) is 4.79 Å². The maximum atomic E-state index is 12.8. The zero-order valence-electron chi connectivity index (χ0n) is 19.3. The number of benzene rings is 3. The first-order valence-electron chi connectivity index (χ1n) is 10.8. The lowest BCUT2D eigenvalue weighted by Gasteiger charge is -2.10. The van der Waals surface area contributed by atoms with E-state index in [4.69, 9.17) is 16.3 Å². The van der Waals surface area contributed by atoms with Crippen molar-refractivity contribution in [3.63, 3.8) is 0 Å². The third-order valence-electron chi connectivity index (χ3n) is 5.10. The Bertz CT molecular complexity index is 1270. The minimum atomic E-state index is -0.552. The molecule has 5 nitrogen and oxygen atoms in total. The van der Waals surface area contributed by atoms with Crippen LogP contribution < -0.4 is 5.32 Å². The molecule has 0 fully saturated rings. The second kappa shape index (κ2) is 11.3. The highest BCUT2D eigenvalue weighted by molar-refractivity contribution is 6.30. The van der Waals surface area contributed by atoms with Crippen LogP contribution in [-0.4, -0.2) is 18.5 Å². The Morgan fingerprint density at radius 1 is 1.03 bits per heavy atom. The molecule has 1 amide bonds. The first kappa shape index (κ1) is 24.8. The Morgan fingerprint density at radius 3 is 2.32 bits per heavy atom. The molecule has 0 saturated carbocycles. The lowest BCUT2D eigenvalue weighted by molar-refractivity contribution is -0.112. The molecule has 0 radical (unpaired) electrons. The lowest BCUT2D eigenvalue weighted by Crippen LogP contribution is -2.14. The third kappa shape index (κ3) is 6.57. The molecule has 0 aliphatic rings. The number of carbonyl (C=O) groups is 2. The van der Waals surface area contributed by atoms with Gasteiger partial charge < -0.3 is 10.1 Å². The normalized spacial score (nSPS) is 11.0. The van der Waals surface area contributed by atoms with E-state index in [0.29, 0.717) is 28.3 Å². The van der Waals surface area contributed by atoms with Gasteiger partial charge >= 0.3 is 5.97 Å². The summed E-state index contributed by atoms with van der Waals surface area (Å²) >= 11 is 6.22. The van der Waals surface area contributed by atoms with E-state index in [1.54, 1.807) is 49.4 Å². The van der Waals surface area contributed by atoms with Gasteiger partial charge in [-0.2, -0.15) is 5.26 Å². The number of amides is 1. The van der Waals surface area contributed by atoms with Crippen LogP contribution in [0, 0.1) is 25.2 Å². The van der Waals surface area contributed by atoms with E-state index >= 15 is 0 Å². The van der Waals surface area contributed by atoms with Crippen molar-refractivity contribution in [1.29, 1.82) is 5.26 Å². The van der Waals surface area contributed by atoms with Gasteiger partial charge in [0.2, 0.25) is 0 Å². The van der Waals surface area contributed by atoms with Crippen molar-refractivity contribution in [2.24, 2.45) is 0 Å². The SMILES string of the molecule is CCOC(=O)c1ccc(NC(=O)/C(C#N)=C/c2cc(Cl)ccc2Cc2cc(C)cc(C)c2)cc1. The fraction of sp³-hybridized carbons (Fsp3) is 0.179. The number of ether oxygens (including phenoxy) is 1. The van der Waals surface area contributed by atoms with Gasteiger partial charge in [-0.15, -0.1) is 0 Å². The van der Waals surface area contributed by atoms with Crippen molar-refractivity contribution in [3.05, 3.63) is 105 Å². The van der Waals surface area contributed by atoms with Gasteiger partial charge in [0.15, 0.2) is 0 Å². The van der Waals surface area contributed by atoms with Gasteiger partial charge in [-0.3, -0.25) is 4.79 Å². The van der Waals surface area contributed by atoms with E-state index in [1.807, 2.05) is 12.1 Å². The second-order valence-corrected chi connectivity index (χ2v) is 8.37. The average Bonchev–Trinajstić information content (AvgIpc) is 2.79. The minimum absolute atomic E-state index is 0.0570. The van der Waals surface area contributed by atoms with Gasteiger partial charge in [-0.05, 0) is 86.4 Å². The Kier molecular flexibility index (Phi) is 8.24. The van der Waals surface area contributed by atoms with E-state index in [9.17, 15) is 14.9 Å². The predicted molar refractivity (Wildman–Crippen MR) is 135 cm³/mol. The maximum Gasteiger partial charge on any atom is 0.338 e. The molecular formula is C28H25ClN2O3. The number of carbonyl (C=O) groups excluding carboxylic acids is 2. The molecule has 0 atom stereocenters. The van der Waals surface area contributed by atoms with Crippen LogP contribution in [0.1, 0.15) is 45.1 Å². The molecule has 0 aliphatic carbocycles. The highest BCUT2D eigenvalue weighted by atomic mass is 35.5. The maximum absolute atomic E-state index is 12.8. The summed E-state index contributed by atoms with van der Waals surface area (Å²) in [5.41, 5.74) is 5.92. The summed E-state index contributed by atoms with van der Waals surface area (Å²) in [4.78, 5) is 24.6. The van der Waals surface area contributed by atoms with Crippen molar-refractivity contribution in [2.75, 3.05) is 11.9 Å². The van der Waals surface area contributed by atoms with Crippen LogP contribution in [0.15, 0.2) is 66.2 Å². The molecule has 1 N–H and O–H groups in total. The zero-order chi connectivity index (χ0) is 24.7. The summed E-state index contributed by atoms with van der Waals surface area (Å²) < 4.78 is 4.96. The summed E-state index contributed by atoms with van der Waals surface area (Å²) in [6.07, 6.45) is 2.19. The number of hydrogen-bond donors (Lipinski definition) is 1. The van der Waals surface area contributed by atoms with Crippen molar-refractivity contribution >= 4 is 35.2 Å². The number of halogens is 1. The molecule has 3 aromatic carbocycles. The van der Waals surface area contributed by atoms with Crippen LogP contribution in [0.4, 0.5) is 5.69 Å². The lowest BCUT2D eigenvalue weighted by atomic mass is 9.96. The van der Waals surface area contributed by atoms with Crippen LogP contribution in [0.5, 0.6) is 0 Å². The summed E-state index contributed by atoms with van der Waals surface area (Å²) in [6, 6.07) is 20.1. The molecule has 3 aromatic rings. The van der Waals surface area contributed by atoms with Crippen LogP contribution in [-0.2, 0) is 16.0 Å². The number of nitrogens with one attached hydrogen (secondary N) is 1. The number of aryl methyl sites for hydroxylation is 2. The number of rotatable bonds is 7. The molecule has 172 valence electrons. The van der Waals surface area contributed by atoms with E-state index < -0.39 is 11.9 Å². The van der Waals surface area contributed by atoms with Crippen LogP contribution >= 0.6 is 11.6 Å². The summed E-state index contributed by atoms with van der Waals surface area (Å²) in [5.74, 6) is -0.987. The Hall–Kier alpha value is -3.88. The molecule has 0 aliphatic heterocycles. The van der Waals surface area contributed by atoms with Crippen LogP contribution in [0.3, 0.4) is 0 Å². The summed E-state index contributed by atoms with van der Waals surface area (Å²) in [5, 5.41) is 12.9. The highest BCUT2D eigenvalue weighted by Crippen LogP contribution is 2.23. The van der Waals surface area contributed by atoms with Gasteiger partial charge in [0.05, 0.1) is 12.2 Å². The Morgan fingerprint density at radius 2 is 1.71 bits per heavy atom. The Balaban J connectivity index is 1.84.